The van der Waals surface area contributed by atoms with Gasteiger partial charge in [-0.05, 0) is 43.7 Å². The molecule has 0 saturated heterocycles. The molecule has 0 unspecified atom stereocenters. The van der Waals surface area contributed by atoms with Gasteiger partial charge in [0, 0.05) is 24.2 Å². The molecular weight excluding hydrogens is 290 g/mol. The first-order valence-corrected chi connectivity index (χ1v) is 7.95. The molecule has 4 nitrogen and oxygen atoms in total. The van der Waals surface area contributed by atoms with Crippen LogP contribution in [0.2, 0.25) is 0 Å². The fourth-order valence-corrected chi connectivity index (χ4v) is 2.85. The third kappa shape index (κ3) is 3.77. The van der Waals surface area contributed by atoms with Crippen LogP contribution in [0.3, 0.4) is 0 Å². The summed E-state index contributed by atoms with van der Waals surface area (Å²) < 4.78 is 11.5. The Morgan fingerprint density at radius 3 is 2.70 bits per heavy atom. The van der Waals surface area contributed by atoms with E-state index in [-0.39, 0.29) is 12.2 Å². The number of fused-ring (bicyclic) bond motifs is 1. The number of hydrogen-bond donors (Lipinski definition) is 2. The van der Waals surface area contributed by atoms with E-state index in [2.05, 4.69) is 37.4 Å². The molecule has 0 atom stereocenters. The number of nitrogens with one attached hydrogen (secondary N) is 1. The monoisotopic (exact) mass is 313 g/mol. The highest BCUT2D eigenvalue weighted by Crippen LogP contribution is 2.37. The van der Waals surface area contributed by atoms with Crippen LogP contribution in [-0.2, 0) is 13.0 Å². The van der Waals surface area contributed by atoms with E-state index < -0.39 is 0 Å². The van der Waals surface area contributed by atoms with Crippen LogP contribution in [0.25, 0.3) is 0 Å². The van der Waals surface area contributed by atoms with Gasteiger partial charge in [0.05, 0.1) is 6.61 Å². The number of anilines is 1. The molecule has 2 aromatic carbocycles. The molecule has 4 heteroatoms. The lowest BCUT2D eigenvalue weighted by Gasteiger charge is -2.18. The Kier molecular flexibility index (Phi) is 4.44. The van der Waals surface area contributed by atoms with E-state index in [1.165, 1.54) is 11.1 Å². The average Bonchev–Trinajstić information content (AvgIpc) is 2.86. The molecule has 0 aliphatic carbocycles. The Hall–Kier alpha value is -2.20. The van der Waals surface area contributed by atoms with Gasteiger partial charge in [0.15, 0.2) is 0 Å². The van der Waals surface area contributed by atoms with E-state index in [9.17, 15) is 0 Å². The van der Waals surface area contributed by atoms with Crippen molar-refractivity contribution >= 4 is 5.69 Å². The third-order valence-electron chi connectivity index (χ3n) is 3.87. The van der Waals surface area contributed by atoms with Crippen molar-refractivity contribution in [3.05, 3.63) is 53.6 Å². The van der Waals surface area contributed by atoms with Crippen LogP contribution in [0.1, 0.15) is 25.0 Å². The van der Waals surface area contributed by atoms with Crippen LogP contribution in [-0.4, -0.2) is 23.9 Å². The maximum Gasteiger partial charge on any atom is 0.128 e. The molecule has 0 radical (unpaired) electrons. The van der Waals surface area contributed by atoms with E-state index in [4.69, 9.17) is 14.6 Å². The van der Waals surface area contributed by atoms with Crippen LogP contribution in [0.4, 0.5) is 5.69 Å². The van der Waals surface area contributed by atoms with E-state index in [0.717, 1.165) is 30.2 Å². The molecule has 2 N–H and O–H groups in total. The SMILES string of the molecule is CC1(C)Cc2cccc(CNc3ccc(OCCO)cc3)c2O1. The van der Waals surface area contributed by atoms with Gasteiger partial charge >= 0.3 is 0 Å². The zero-order chi connectivity index (χ0) is 16.3. The van der Waals surface area contributed by atoms with E-state index in [1.54, 1.807) is 0 Å². The van der Waals surface area contributed by atoms with Crippen LogP contribution in [0, 0.1) is 0 Å². The average molecular weight is 313 g/mol. The highest BCUT2D eigenvalue weighted by atomic mass is 16.5. The predicted octanol–water partition coefficient (Wildman–Crippen LogP) is 3.38. The van der Waals surface area contributed by atoms with Gasteiger partial charge in [0.25, 0.3) is 0 Å². The Morgan fingerprint density at radius 2 is 1.96 bits per heavy atom. The van der Waals surface area contributed by atoms with Crippen molar-refractivity contribution in [3.8, 4) is 11.5 Å². The zero-order valence-electron chi connectivity index (χ0n) is 13.6. The van der Waals surface area contributed by atoms with Crippen molar-refractivity contribution in [3.63, 3.8) is 0 Å². The van der Waals surface area contributed by atoms with Gasteiger partial charge in [-0.15, -0.1) is 0 Å². The molecule has 1 aliphatic rings. The lowest BCUT2D eigenvalue weighted by atomic mass is 10.0. The summed E-state index contributed by atoms with van der Waals surface area (Å²) in [7, 11) is 0. The summed E-state index contributed by atoms with van der Waals surface area (Å²) in [5, 5.41) is 12.2. The molecule has 0 spiro atoms. The fraction of sp³-hybridized carbons (Fsp3) is 0.368. The Balaban J connectivity index is 1.65. The van der Waals surface area contributed by atoms with E-state index >= 15 is 0 Å². The maximum atomic E-state index is 8.76. The lowest BCUT2D eigenvalue weighted by Crippen LogP contribution is -2.25. The molecular formula is C19H23NO3. The van der Waals surface area contributed by atoms with Gasteiger partial charge in [-0.1, -0.05) is 18.2 Å². The fourth-order valence-electron chi connectivity index (χ4n) is 2.85. The van der Waals surface area contributed by atoms with Crippen LogP contribution in [0.15, 0.2) is 42.5 Å². The first-order chi connectivity index (χ1) is 11.1. The number of aliphatic hydroxyl groups is 1. The largest absolute Gasteiger partial charge is 0.491 e. The Bertz CT molecular complexity index is 665. The second kappa shape index (κ2) is 6.50. The number of hydrogen-bond acceptors (Lipinski definition) is 4. The predicted molar refractivity (Wildman–Crippen MR) is 91.2 cm³/mol. The number of ether oxygens (including phenoxy) is 2. The maximum absolute atomic E-state index is 8.76. The number of aliphatic hydroxyl groups excluding tert-OH is 1. The number of rotatable bonds is 6. The Labute approximate surface area is 137 Å². The van der Waals surface area contributed by atoms with Gasteiger partial charge in [-0.2, -0.15) is 0 Å². The molecule has 1 heterocycles. The molecule has 23 heavy (non-hydrogen) atoms. The van der Waals surface area contributed by atoms with Crippen molar-refractivity contribution < 1.29 is 14.6 Å². The molecule has 0 bridgehead atoms. The summed E-state index contributed by atoms with van der Waals surface area (Å²) in [6, 6.07) is 14.1. The van der Waals surface area contributed by atoms with Gasteiger partial charge in [0.2, 0.25) is 0 Å². The summed E-state index contributed by atoms with van der Waals surface area (Å²) in [5.41, 5.74) is 3.36. The van der Waals surface area contributed by atoms with Crippen LogP contribution < -0.4 is 14.8 Å². The van der Waals surface area contributed by atoms with E-state index in [0.29, 0.717) is 6.61 Å². The molecule has 3 rings (SSSR count). The summed E-state index contributed by atoms with van der Waals surface area (Å²) in [4.78, 5) is 0. The molecule has 122 valence electrons. The standard InChI is InChI=1S/C19H23NO3/c1-19(2)12-14-4-3-5-15(18(14)23-19)13-20-16-6-8-17(9-7-16)22-11-10-21/h3-9,20-21H,10-13H2,1-2H3. The van der Waals surface area contributed by atoms with Gasteiger partial charge in [0.1, 0.15) is 23.7 Å². The van der Waals surface area contributed by atoms with Gasteiger partial charge < -0.3 is 19.9 Å². The van der Waals surface area contributed by atoms with Crippen molar-refractivity contribution in [1.82, 2.24) is 0 Å². The number of benzene rings is 2. The molecule has 0 saturated carbocycles. The normalized spacial score (nSPS) is 14.9. The highest BCUT2D eigenvalue weighted by molar-refractivity contribution is 5.50. The summed E-state index contributed by atoms with van der Waals surface area (Å²) in [6.45, 7) is 5.30. The summed E-state index contributed by atoms with van der Waals surface area (Å²) in [6.07, 6.45) is 0.951. The minimum atomic E-state index is -0.121. The van der Waals surface area contributed by atoms with Crippen molar-refractivity contribution in [2.24, 2.45) is 0 Å². The highest BCUT2D eigenvalue weighted by Gasteiger charge is 2.31. The third-order valence-corrected chi connectivity index (χ3v) is 3.87. The second-order valence-corrected chi connectivity index (χ2v) is 6.39. The smallest absolute Gasteiger partial charge is 0.128 e. The van der Waals surface area contributed by atoms with Crippen LogP contribution in [0.5, 0.6) is 11.5 Å². The zero-order valence-corrected chi connectivity index (χ0v) is 13.6. The first kappa shape index (κ1) is 15.7. The molecule has 0 aromatic heterocycles. The first-order valence-electron chi connectivity index (χ1n) is 7.95. The quantitative estimate of drug-likeness (QED) is 0.858. The molecule has 0 amide bonds. The van der Waals surface area contributed by atoms with Crippen molar-refractivity contribution in [1.29, 1.82) is 0 Å². The minimum absolute atomic E-state index is 0.0233. The summed E-state index contributed by atoms with van der Waals surface area (Å²) in [5.74, 6) is 1.78. The summed E-state index contributed by atoms with van der Waals surface area (Å²) >= 11 is 0. The van der Waals surface area contributed by atoms with Crippen LogP contribution >= 0.6 is 0 Å². The van der Waals surface area contributed by atoms with Crippen molar-refractivity contribution in [2.45, 2.75) is 32.4 Å². The molecule has 1 aliphatic heterocycles. The lowest BCUT2D eigenvalue weighted by molar-refractivity contribution is 0.137. The molecule has 2 aromatic rings. The van der Waals surface area contributed by atoms with Gasteiger partial charge in [-0.3, -0.25) is 0 Å². The second-order valence-electron chi connectivity index (χ2n) is 6.39. The van der Waals surface area contributed by atoms with E-state index in [1.807, 2.05) is 24.3 Å². The number of para-hydroxylation sites is 1. The molecule has 0 fully saturated rings. The Morgan fingerprint density at radius 1 is 1.17 bits per heavy atom. The minimum Gasteiger partial charge on any atom is -0.491 e. The van der Waals surface area contributed by atoms with Crippen molar-refractivity contribution in [2.75, 3.05) is 18.5 Å². The topological polar surface area (TPSA) is 50.7 Å². The van der Waals surface area contributed by atoms with Gasteiger partial charge in [-0.25, -0.2) is 0 Å².